The number of carbonyl (C=O) groups excluding carboxylic acids is 1. The molecule has 162 valence electrons. The van der Waals surface area contributed by atoms with Gasteiger partial charge in [-0.3, -0.25) is 9.98 Å². The van der Waals surface area contributed by atoms with Crippen molar-refractivity contribution in [3.63, 3.8) is 0 Å². The molecule has 0 atom stereocenters. The van der Waals surface area contributed by atoms with Gasteiger partial charge in [0.15, 0.2) is 0 Å². The Bertz CT molecular complexity index is 972. The lowest BCUT2D eigenvalue weighted by molar-refractivity contribution is 0.0698. The van der Waals surface area contributed by atoms with Crippen molar-refractivity contribution in [2.75, 3.05) is 45.2 Å². The third-order valence-electron chi connectivity index (χ3n) is 4.87. The maximum Gasteiger partial charge on any atom is 0.337 e. The van der Waals surface area contributed by atoms with Crippen LogP contribution in [0, 0.1) is 0 Å². The Balaban J connectivity index is 1.55. The number of benzene rings is 1. The minimum Gasteiger partial charge on any atom is -0.497 e. The summed E-state index contributed by atoms with van der Waals surface area (Å²) in [6.45, 7) is 6.30. The zero-order valence-electron chi connectivity index (χ0n) is 17.3. The van der Waals surface area contributed by atoms with Crippen LogP contribution >= 0.6 is 0 Å². The number of aromatic carboxylic acids is 1. The van der Waals surface area contributed by atoms with Gasteiger partial charge in [0.1, 0.15) is 11.6 Å². The van der Waals surface area contributed by atoms with Gasteiger partial charge in [0.05, 0.1) is 36.8 Å². The summed E-state index contributed by atoms with van der Waals surface area (Å²) >= 11 is 0. The number of piperazine rings is 1. The fraction of sp³-hybridized carbons (Fsp3) is 0.273. The fourth-order valence-electron chi connectivity index (χ4n) is 3.22. The minimum atomic E-state index is -1.08. The van der Waals surface area contributed by atoms with Gasteiger partial charge >= 0.3 is 12.0 Å². The largest absolute Gasteiger partial charge is 0.497 e. The Morgan fingerprint density at radius 3 is 2.58 bits per heavy atom. The Morgan fingerprint density at radius 1 is 1.23 bits per heavy atom. The van der Waals surface area contributed by atoms with Gasteiger partial charge < -0.3 is 25.0 Å². The van der Waals surface area contributed by atoms with Gasteiger partial charge in [0.2, 0.25) is 0 Å². The number of amides is 2. The summed E-state index contributed by atoms with van der Waals surface area (Å²) in [5.41, 5.74) is 1.13. The van der Waals surface area contributed by atoms with E-state index in [4.69, 9.17) is 4.74 Å². The average molecular weight is 423 g/mol. The van der Waals surface area contributed by atoms with E-state index in [-0.39, 0.29) is 17.3 Å². The van der Waals surface area contributed by atoms with E-state index in [0.717, 1.165) is 11.5 Å². The van der Waals surface area contributed by atoms with Gasteiger partial charge in [-0.25, -0.2) is 9.59 Å². The number of ether oxygens (including phenoxy) is 1. The van der Waals surface area contributed by atoms with E-state index in [2.05, 4.69) is 26.8 Å². The minimum absolute atomic E-state index is 0.0608. The highest BCUT2D eigenvalue weighted by Crippen LogP contribution is 2.16. The van der Waals surface area contributed by atoms with Crippen molar-refractivity contribution in [3.8, 4) is 0 Å². The maximum atomic E-state index is 12.6. The maximum absolute atomic E-state index is 12.6. The number of methoxy groups -OCH3 is 1. The molecule has 1 fully saturated rings. The first-order valence-electron chi connectivity index (χ1n) is 9.81. The molecule has 1 aromatic rings. The molecular formula is C22H25N5O4. The average Bonchev–Trinajstić information content (AvgIpc) is 2.79. The number of rotatable bonds is 5. The molecule has 2 aliphatic heterocycles. The molecule has 0 radical (unpaired) electrons. The van der Waals surface area contributed by atoms with Crippen LogP contribution in [0.5, 0.6) is 0 Å². The smallest absolute Gasteiger partial charge is 0.337 e. The predicted octanol–water partition coefficient (Wildman–Crippen LogP) is 2.62. The van der Waals surface area contributed by atoms with Crippen LogP contribution in [0.3, 0.4) is 0 Å². The second kappa shape index (κ2) is 10.2. The molecule has 0 bridgehead atoms. The number of hydrogen-bond acceptors (Lipinski definition) is 6. The summed E-state index contributed by atoms with van der Waals surface area (Å²) in [4.78, 5) is 36.7. The molecule has 9 heteroatoms. The van der Waals surface area contributed by atoms with Crippen molar-refractivity contribution in [1.82, 2.24) is 9.80 Å². The zero-order chi connectivity index (χ0) is 22.2. The first kappa shape index (κ1) is 21.8. The quantitative estimate of drug-likeness (QED) is 0.559. The number of carboxylic acid groups (broad SMARTS) is 1. The topological polar surface area (TPSA) is 107 Å². The molecule has 9 nitrogen and oxygen atoms in total. The van der Waals surface area contributed by atoms with Crippen LogP contribution in [-0.4, -0.2) is 78.8 Å². The molecule has 0 spiro atoms. The van der Waals surface area contributed by atoms with Crippen molar-refractivity contribution in [2.24, 2.45) is 9.98 Å². The Kier molecular flexibility index (Phi) is 7.21. The summed E-state index contributed by atoms with van der Waals surface area (Å²) in [5.74, 6) is 0.353. The monoisotopic (exact) mass is 423 g/mol. The molecule has 2 aliphatic rings. The van der Waals surface area contributed by atoms with E-state index >= 15 is 0 Å². The number of allylic oxidation sites excluding steroid dienone is 3. The van der Waals surface area contributed by atoms with Gasteiger partial charge in [-0.1, -0.05) is 24.8 Å². The summed E-state index contributed by atoms with van der Waals surface area (Å²) in [6, 6.07) is 6.03. The standard InChI is InChI=1S/C22H25N5O4/c1-3-6-17(31-2)13-16-14-24-20(15-23-16)26-9-11-27(12-10-26)22(30)25-19-8-5-4-7-18(19)21(28)29/h3-8,13,15H,1,9-12,14H2,2H3,(H,25,30)(H,28,29)/b16-13+,17-6+. The van der Waals surface area contributed by atoms with Crippen LogP contribution in [0.1, 0.15) is 10.4 Å². The molecular weight excluding hydrogens is 398 g/mol. The van der Waals surface area contributed by atoms with Crippen LogP contribution in [0.4, 0.5) is 10.5 Å². The number of carbonyl (C=O) groups is 2. The zero-order valence-corrected chi connectivity index (χ0v) is 17.3. The SMILES string of the molecule is C=C/C=C(\C=C1/CN=C(N2CCN(C(=O)Nc3ccccc3C(=O)O)CC2)C=N1)OC. The Morgan fingerprint density at radius 2 is 1.97 bits per heavy atom. The number of anilines is 1. The number of nitrogens with zero attached hydrogens (tertiary/aromatic N) is 4. The van der Waals surface area contributed by atoms with Gasteiger partial charge in [-0.15, -0.1) is 0 Å². The van der Waals surface area contributed by atoms with Gasteiger partial charge in [-0.2, -0.15) is 0 Å². The molecule has 1 aromatic carbocycles. The number of amidine groups is 1. The summed E-state index contributed by atoms with van der Waals surface area (Å²) in [6.07, 6.45) is 6.93. The van der Waals surface area contributed by atoms with E-state index < -0.39 is 5.97 Å². The van der Waals surface area contributed by atoms with Crippen molar-refractivity contribution < 1.29 is 19.4 Å². The lowest BCUT2D eigenvalue weighted by atomic mass is 10.2. The van der Waals surface area contributed by atoms with Crippen LogP contribution in [0.15, 0.2) is 70.5 Å². The first-order valence-corrected chi connectivity index (χ1v) is 9.81. The molecule has 2 heterocycles. The second-order valence-electron chi connectivity index (χ2n) is 6.83. The summed E-state index contributed by atoms with van der Waals surface area (Å²) in [5, 5.41) is 12.0. The van der Waals surface area contributed by atoms with Gasteiger partial charge in [0, 0.05) is 32.3 Å². The fourth-order valence-corrected chi connectivity index (χ4v) is 3.22. The molecule has 2 amide bonds. The van der Waals surface area contributed by atoms with Gasteiger partial charge in [0.25, 0.3) is 0 Å². The van der Waals surface area contributed by atoms with Crippen LogP contribution in [0.25, 0.3) is 0 Å². The molecule has 0 unspecified atom stereocenters. The van der Waals surface area contributed by atoms with Crippen LogP contribution in [-0.2, 0) is 4.74 Å². The Hall–Kier alpha value is -3.88. The second-order valence-corrected chi connectivity index (χ2v) is 6.83. The molecule has 0 saturated carbocycles. The lowest BCUT2D eigenvalue weighted by Gasteiger charge is -2.36. The molecule has 2 N–H and O–H groups in total. The van der Waals surface area contributed by atoms with Crippen molar-refractivity contribution in [2.45, 2.75) is 0 Å². The van der Waals surface area contributed by atoms with Crippen molar-refractivity contribution >= 4 is 29.7 Å². The van der Waals surface area contributed by atoms with E-state index in [9.17, 15) is 14.7 Å². The predicted molar refractivity (Wildman–Crippen MR) is 120 cm³/mol. The number of carboxylic acids is 1. The van der Waals surface area contributed by atoms with E-state index in [1.165, 1.54) is 6.07 Å². The van der Waals surface area contributed by atoms with E-state index in [1.54, 1.807) is 48.6 Å². The first-order chi connectivity index (χ1) is 15.0. The van der Waals surface area contributed by atoms with Gasteiger partial charge in [-0.05, 0) is 18.2 Å². The van der Waals surface area contributed by atoms with Crippen LogP contribution in [0.2, 0.25) is 0 Å². The highest BCUT2D eigenvalue weighted by atomic mass is 16.5. The third kappa shape index (κ3) is 5.59. The van der Waals surface area contributed by atoms with Crippen molar-refractivity contribution in [3.05, 3.63) is 66.1 Å². The highest BCUT2D eigenvalue weighted by molar-refractivity contribution is 6.30. The highest BCUT2D eigenvalue weighted by Gasteiger charge is 2.24. The third-order valence-corrected chi connectivity index (χ3v) is 4.87. The van der Waals surface area contributed by atoms with Crippen LogP contribution < -0.4 is 5.32 Å². The molecule has 0 aromatic heterocycles. The normalized spacial score (nSPS) is 17.9. The number of nitrogens with one attached hydrogen (secondary N) is 1. The molecule has 3 rings (SSSR count). The summed E-state index contributed by atoms with van der Waals surface area (Å²) < 4.78 is 5.24. The summed E-state index contributed by atoms with van der Waals surface area (Å²) in [7, 11) is 1.59. The number of para-hydroxylation sites is 1. The molecule has 1 saturated heterocycles. The van der Waals surface area contributed by atoms with Crippen molar-refractivity contribution in [1.29, 1.82) is 0 Å². The van der Waals surface area contributed by atoms with E-state index in [1.807, 2.05) is 6.08 Å². The lowest BCUT2D eigenvalue weighted by Crippen LogP contribution is -2.52. The number of aliphatic imine (C=N–C) groups is 2. The number of hydrogen-bond donors (Lipinski definition) is 2. The Labute approximate surface area is 180 Å². The molecule has 0 aliphatic carbocycles. The molecule has 31 heavy (non-hydrogen) atoms. The van der Waals surface area contributed by atoms with E-state index in [0.29, 0.717) is 38.5 Å². The number of urea groups is 1.